The highest BCUT2D eigenvalue weighted by Gasteiger charge is 2.37. The molecule has 1 aliphatic rings. The van der Waals surface area contributed by atoms with Gasteiger partial charge in [-0.2, -0.15) is 0 Å². The average Bonchev–Trinajstić information content (AvgIpc) is 2.47. The van der Waals surface area contributed by atoms with Crippen LogP contribution in [0.1, 0.15) is 25.8 Å². The molecule has 2 rings (SSSR count). The zero-order valence-electron chi connectivity index (χ0n) is 12.2. The van der Waals surface area contributed by atoms with E-state index in [1.54, 1.807) is 0 Å². The zero-order valence-corrected chi connectivity index (χ0v) is 12.9. The number of carbonyl (C=O) groups is 1. The van der Waals surface area contributed by atoms with E-state index in [0.717, 1.165) is 25.1 Å². The van der Waals surface area contributed by atoms with Gasteiger partial charge in [0.1, 0.15) is 0 Å². The Bertz CT molecular complexity index is 471. The molecule has 1 atom stereocenters. The van der Waals surface area contributed by atoms with Gasteiger partial charge in [0.05, 0.1) is 18.8 Å². The number of ketones is 1. The molecule has 0 N–H and O–H groups in total. The van der Waals surface area contributed by atoms with Crippen LogP contribution >= 0.6 is 11.6 Å². The molecule has 3 nitrogen and oxygen atoms in total. The number of nitrogens with zero attached hydrogens (tertiary/aromatic N) is 1. The molecule has 0 amide bonds. The second kappa shape index (κ2) is 6.70. The fourth-order valence-corrected chi connectivity index (χ4v) is 2.89. The Balaban J connectivity index is 2.11. The SMILES string of the molecule is CCC(C)(C(=O)Cc1cccc(Cl)c1)N1CCOCC1. The molecule has 0 spiro atoms. The molecule has 0 aliphatic carbocycles. The van der Waals surface area contributed by atoms with Crippen molar-refractivity contribution in [3.8, 4) is 0 Å². The van der Waals surface area contributed by atoms with Crippen LogP contribution in [-0.4, -0.2) is 42.5 Å². The van der Waals surface area contributed by atoms with E-state index in [9.17, 15) is 4.79 Å². The third-order valence-electron chi connectivity index (χ3n) is 4.25. The summed E-state index contributed by atoms with van der Waals surface area (Å²) in [5, 5.41) is 0.680. The maximum absolute atomic E-state index is 12.8. The first-order valence-electron chi connectivity index (χ1n) is 7.17. The summed E-state index contributed by atoms with van der Waals surface area (Å²) in [5.41, 5.74) is 0.571. The Hall–Kier alpha value is -0.900. The maximum Gasteiger partial charge on any atom is 0.157 e. The fraction of sp³-hybridized carbons (Fsp3) is 0.562. The van der Waals surface area contributed by atoms with E-state index >= 15 is 0 Å². The van der Waals surface area contributed by atoms with Crippen molar-refractivity contribution in [2.75, 3.05) is 26.3 Å². The second-order valence-corrected chi connectivity index (χ2v) is 5.89. The van der Waals surface area contributed by atoms with Crippen LogP contribution in [0.15, 0.2) is 24.3 Å². The first-order chi connectivity index (χ1) is 9.56. The summed E-state index contributed by atoms with van der Waals surface area (Å²) in [5.74, 6) is 0.254. The predicted molar refractivity (Wildman–Crippen MR) is 81.3 cm³/mol. The molecule has 1 aromatic rings. The summed E-state index contributed by atoms with van der Waals surface area (Å²) in [7, 11) is 0. The van der Waals surface area contributed by atoms with Crippen molar-refractivity contribution >= 4 is 17.4 Å². The molecule has 1 heterocycles. The molecule has 1 fully saturated rings. The van der Waals surface area contributed by atoms with Crippen molar-refractivity contribution in [3.05, 3.63) is 34.9 Å². The number of hydrogen-bond acceptors (Lipinski definition) is 3. The number of morpholine rings is 1. The molecule has 1 saturated heterocycles. The molecule has 1 unspecified atom stereocenters. The van der Waals surface area contributed by atoms with Crippen LogP contribution in [0.2, 0.25) is 5.02 Å². The molecular weight excluding hydrogens is 274 g/mol. The van der Waals surface area contributed by atoms with Crippen molar-refractivity contribution < 1.29 is 9.53 Å². The highest BCUT2D eigenvalue weighted by molar-refractivity contribution is 6.30. The highest BCUT2D eigenvalue weighted by atomic mass is 35.5. The number of hydrogen-bond donors (Lipinski definition) is 0. The lowest BCUT2D eigenvalue weighted by molar-refractivity contribution is -0.133. The summed E-state index contributed by atoms with van der Waals surface area (Å²) >= 11 is 5.99. The molecule has 0 aromatic heterocycles. The molecule has 0 saturated carbocycles. The smallest absolute Gasteiger partial charge is 0.157 e. The standard InChI is InChI=1S/C16H22ClNO2/c1-3-16(2,18-7-9-20-10-8-18)15(19)12-13-5-4-6-14(17)11-13/h4-6,11H,3,7-10,12H2,1-2H3. The van der Waals surface area contributed by atoms with Gasteiger partial charge in [-0.1, -0.05) is 30.7 Å². The van der Waals surface area contributed by atoms with Crippen molar-refractivity contribution in [1.82, 2.24) is 4.90 Å². The van der Waals surface area contributed by atoms with Crippen molar-refractivity contribution in [3.63, 3.8) is 0 Å². The first-order valence-corrected chi connectivity index (χ1v) is 7.54. The lowest BCUT2D eigenvalue weighted by Crippen LogP contribution is -2.56. The number of ether oxygens (including phenoxy) is 1. The van der Waals surface area contributed by atoms with Gasteiger partial charge in [-0.05, 0) is 31.0 Å². The number of carbonyl (C=O) groups excluding carboxylic acids is 1. The van der Waals surface area contributed by atoms with E-state index in [2.05, 4.69) is 11.8 Å². The minimum atomic E-state index is -0.411. The Morgan fingerprint density at radius 1 is 1.40 bits per heavy atom. The summed E-state index contributed by atoms with van der Waals surface area (Å²) in [6, 6.07) is 7.55. The van der Waals surface area contributed by atoms with E-state index in [0.29, 0.717) is 24.7 Å². The van der Waals surface area contributed by atoms with Crippen molar-refractivity contribution in [2.24, 2.45) is 0 Å². The summed E-state index contributed by atoms with van der Waals surface area (Å²) in [6.07, 6.45) is 1.24. The lowest BCUT2D eigenvalue weighted by atomic mass is 9.87. The third kappa shape index (κ3) is 3.40. The quantitative estimate of drug-likeness (QED) is 0.836. The normalized spacial score (nSPS) is 19.6. The van der Waals surface area contributed by atoms with Gasteiger partial charge in [-0.25, -0.2) is 0 Å². The monoisotopic (exact) mass is 295 g/mol. The lowest BCUT2D eigenvalue weighted by Gasteiger charge is -2.41. The summed E-state index contributed by atoms with van der Waals surface area (Å²) in [6.45, 7) is 7.19. The van der Waals surface area contributed by atoms with E-state index in [1.807, 2.05) is 31.2 Å². The van der Waals surface area contributed by atoms with Crippen LogP contribution in [0, 0.1) is 0 Å². The molecule has 110 valence electrons. The fourth-order valence-electron chi connectivity index (χ4n) is 2.68. The third-order valence-corrected chi connectivity index (χ3v) is 4.49. The minimum absolute atomic E-state index is 0.254. The number of rotatable bonds is 5. The molecule has 0 bridgehead atoms. The van der Waals surface area contributed by atoms with Crippen LogP contribution < -0.4 is 0 Å². The molecule has 4 heteroatoms. The van der Waals surface area contributed by atoms with E-state index < -0.39 is 5.54 Å². The van der Waals surface area contributed by atoms with E-state index in [4.69, 9.17) is 16.3 Å². The van der Waals surface area contributed by atoms with Gasteiger partial charge in [-0.3, -0.25) is 9.69 Å². The molecule has 0 radical (unpaired) electrons. The van der Waals surface area contributed by atoms with E-state index in [-0.39, 0.29) is 5.78 Å². The summed E-state index contributed by atoms with van der Waals surface area (Å²) in [4.78, 5) is 15.0. The molecule has 20 heavy (non-hydrogen) atoms. The van der Waals surface area contributed by atoms with Crippen LogP contribution in [0.25, 0.3) is 0 Å². The Morgan fingerprint density at radius 2 is 2.10 bits per heavy atom. The van der Waals surface area contributed by atoms with Gasteiger partial charge in [0, 0.05) is 24.5 Å². The van der Waals surface area contributed by atoms with Gasteiger partial charge < -0.3 is 4.74 Å². The Labute approximate surface area is 125 Å². The topological polar surface area (TPSA) is 29.5 Å². The number of benzene rings is 1. The van der Waals surface area contributed by atoms with Crippen LogP contribution in [0.5, 0.6) is 0 Å². The minimum Gasteiger partial charge on any atom is -0.379 e. The van der Waals surface area contributed by atoms with Gasteiger partial charge in [0.2, 0.25) is 0 Å². The van der Waals surface area contributed by atoms with Gasteiger partial charge in [-0.15, -0.1) is 0 Å². The Kier molecular flexibility index (Phi) is 5.19. The number of Topliss-reactive ketones (excluding diaryl/α,β-unsaturated/α-hetero) is 1. The van der Waals surface area contributed by atoms with Crippen molar-refractivity contribution in [1.29, 1.82) is 0 Å². The van der Waals surface area contributed by atoms with Crippen LogP contribution in [0.3, 0.4) is 0 Å². The largest absolute Gasteiger partial charge is 0.379 e. The summed E-state index contributed by atoms with van der Waals surface area (Å²) < 4.78 is 5.38. The van der Waals surface area contributed by atoms with Crippen LogP contribution in [0.4, 0.5) is 0 Å². The van der Waals surface area contributed by atoms with Gasteiger partial charge in [0.25, 0.3) is 0 Å². The first kappa shape index (κ1) is 15.5. The highest BCUT2D eigenvalue weighted by Crippen LogP contribution is 2.24. The average molecular weight is 296 g/mol. The molecule has 1 aromatic carbocycles. The molecular formula is C16H22ClNO2. The van der Waals surface area contributed by atoms with Crippen LogP contribution in [-0.2, 0) is 16.0 Å². The predicted octanol–water partition coefficient (Wildman–Crippen LogP) is 2.95. The molecule has 1 aliphatic heterocycles. The maximum atomic E-state index is 12.8. The van der Waals surface area contributed by atoms with E-state index in [1.165, 1.54) is 0 Å². The number of halogens is 1. The van der Waals surface area contributed by atoms with Gasteiger partial charge >= 0.3 is 0 Å². The van der Waals surface area contributed by atoms with Crippen molar-refractivity contribution in [2.45, 2.75) is 32.2 Å². The van der Waals surface area contributed by atoms with Gasteiger partial charge in [0.15, 0.2) is 5.78 Å². The zero-order chi connectivity index (χ0) is 14.6. The Morgan fingerprint density at radius 3 is 2.70 bits per heavy atom. The second-order valence-electron chi connectivity index (χ2n) is 5.46.